The summed E-state index contributed by atoms with van der Waals surface area (Å²) in [6.07, 6.45) is 4.96. The van der Waals surface area contributed by atoms with Crippen molar-refractivity contribution in [3.05, 3.63) is 40.3 Å². The molecule has 0 saturated carbocycles. The van der Waals surface area contributed by atoms with E-state index < -0.39 is 0 Å². The molecule has 1 N–H and O–H groups in total. The lowest BCUT2D eigenvalue weighted by molar-refractivity contribution is -0.384. The first-order valence-electron chi connectivity index (χ1n) is 5.73. The molecule has 0 unspecified atom stereocenters. The Kier molecular flexibility index (Phi) is 3.31. The lowest BCUT2D eigenvalue weighted by Gasteiger charge is -2.06. The van der Waals surface area contributed by atoms with Crippen molar-refractivity contribution in [2.45, 2.75) is 19.8 Å². The number of nitrogens with one attached hydrogen (secondary N) is 1. The van der Waals surface area contributed by atoms with Crippen LogP contribution in [0.5, 0.6) is 0 Å². The Labute approximate surface area is 104 Å². The standard InChI is InChI=1S/C11H15N5O2/c1-3-6-9-10(16(17)18)11(14(2)12-9)13-15-7-4-5-8-15/h4-5,7-8,13H,3,6H2,1-2H3. The molecule has 0 saturated heterocycles. The fraction of sp³-hybridized carbons (Fsp3) is 0.364. The SMILES string of the molecule is CCCc1nn(C)c(Nn2cccc2)c1[N+](=O)[O-]. The molecular weight excluding hydrogens is 234 g/mol. The minimum atomic E-state index is -0.385. The summed E-state index contributed by atoms with van der Waals surface area (Å²) in [4.78, 5) is 10.8. The van der Waals surface area contributed by atoms with Gasteiger partial charge in [-0.2, -0.15) is 5.10 Å². The van der Waals surface area contributed by atoms with E-state index in [2.05, 4.69) is 10.5 Å². The zero-order chi connectivity index (χ0) is 13.1. The summed E-state index contributed by atoms with van der Waals surface area (Å²) >= 11 is 0. The smallest absolute Gasteiger partial charge is 0.272 e. The van der Waals surface area contributed by atoms with Gasteiger partial charge in [-0.1, -0.05) is 13.3 Å². The molecule has 0 atom stereocenters. The number of hydrogen-bond acceptors (Lipinski definition) is 4. The van der Waals surface area contributed by atoms with Gasteiger partial charge in [0.05, 0.1) is 4.92 Å². The van der Waals surface area contributed by atoms with Crippen LogP contribution in [0.3, 0.4) is 0 Å². The van der Waals surface area contributed by atoms with Crippen molar-refractivity contribution >= 4 is 11.5 Å². The molecule has 18 heavy (non-hydrogen) atoms. The number of rotatable bonds is 5. The second-order valence-corrected chi connectivity index (χ2v) is 3.98. The number of aryl methyl sites for hydroxylation is 2. The summed E-state index contributed by atoms with van der Waals surface area (Å²) < 4.78 is 3.16. The number of nitro groups is 1. The summed E-state index contributed by atoms with van der Waals surface area (Å²) in [5, 5.41) is 15.4. The van der Waals surface area contributed by atoms with Crippen molar-refractivity contribution in [1.82, 2.24) is 14.5 Å². The molecule has 0 aromatic carbocycles. The van der Waals surface area contributed by atoms with Crippen LogP contribution < -0.4 is 5.43 Å². The van der Waals surface area contributed by atoms with Gasteiger partial charge in [0.25, 0.3) is 0 Å². The summed E-state index contributed by atoms with van der Waals surface area (Å²) in [6, 6.07) is 3.67. The van der Waals surface area contributed by atoms with Gasteiger partial charge < -0.3 is 0 Å². The molecule has 0 fully saturated rings. The fourth-order valence-corrected chi connectivity index (χ4v) is 1.82. The fourth-order valence-electron chi connectivity index (χ4n) is 1.82. The third-order valence-corrected chi connectivity index (χ3v) is 2.60. The van der Waals surface area contributed by atoms with Crippen molar-refractivity contribution in [1.29, 1.82) is 0 Å². The Bertz CT molecular complexity index is 544. The molecule has 0 aliphatic heterocycles. The van der Waals surface area contributed by atoms with E-state index in [1.807, 2.05) is 19.1 Å². The van der Waals surface area contributed by atoms with Crippen LogP contribution in [0.15, 0.2) is 24.5 Å². The highest BCUT2D eigenvalue weighted by Gasteiger charge is 2.26. The molecule has 96 valence electrons. The van der Waals surface area contributed by atoms with E-state index >= 15 is 0 Å². The molecule has 7 heteroatoms. The lowest BCUT2D eigenvalue weighted by atomic mass is 10.2. The van der Waals surface area contributed by atoms with Crippen molar-refractivity contribution in [2.75, 3.05) is 5.43 Å². The zero-order valence-corrected chi connectivity index (χ0v) is 10.3. The highest BCUT2D eigenvalue weighted by Crippen LogP contribution is 2.28. The van der Waals surface area contributed by atoms with Crippen LogP contribution in [-0.2, 0) is 13.5 Å². The van der Waals surface area contributed by atoms with E-state index in [1.54, 1.807) is 24.1 Å². The van der Waals surface area contributed by atoms with Crippen molar-refractivity contribution in [2.24, 2.45) is 7.05 Å². The molecular formula is C11H15N5O2. The van der Waals surface area contributed by atoms with Crippen LogP contribution in [-0.4, -0.2) is 19.4 Å². The minimum Gasteiger partial charge on any atom is -0.272 e. The molecule has 2 aromatic heterocycles. The van der Waals surface area contributed by atoms with Crippen molar-refractivity contribution < 1.29 is 4.92 Å². The Hall–Kier alpha value is -2.31. The van der Waals surface area contributed by atoms with Crippen LogP contribution in [0.1, 0.15) is 19.0 Å². The van der Waals surface area contributed by atoms with Crippen molar-refractivity contribution in [3.63, 3.8) is 0 Å². The maximum absolute atomic E-state index is 11.2. The molecule has 0 bridgehead atoms. The van der Waals surface area contributed by atoms with Gasteiger partial charge in [-0.25, -0.2) is 4.68 Å². The Balaban J connectivity index is 2.41. The van der Waals surface area contributed by atoms with Crippen LogP contribution in [0, 0.1) is 10.1 Å². The van der Waals surface area contributed by atoms with Gasteiger partial charge in [0, 0.05) is 19.4 Å². The van der Waals surface area contributed by atoms with E-state index in [1.165, 1.54) is 4.68 Å². The summed E-state index contributed by atoms with van der Waals surface area (Å²) in [5.41, 5.74) is 3.52. The highest BCUT2D eigenvalue weighted by molar-refractivity contribution is 5.59. The monoisotopic (exact) mass is 249 g/mol. The van der Waals surface area contributed by atoms with Crippen LogP contribution in [0.2, 0.25) is 0 Å². The maximum Gasteiger partial charge on any atom is 0.335 e. The van der Waals surface area contributed by atoms with E-state index in [0.29, 0.717) is 17.9 Å². The molecule has 0 radical (unpaired) electrons. The Morgan fingerprint density at radius 2 is 2.11 bits per heavy atom. The van der Waals surface area contributed by atoms with Crippen molar-refractivity contribution in [3.8, 4) is 0 Å². The first-order chi connectivity index (χ1) is 8.63. The maximum atomic E-state index is 11.2. The van der Waals surface area contributed by atoms with Crippen LogP contribution in [0.4, 0.5) is 11.5 Å². The first-order valence-corrected chi connectivity index (χ1v) is 5.73. The van der Waals surface area contributed by atoms with Crippen LogP contribution >= 0.6 is 0 Å². The van der Waals surface area contributed by atoms with Crippen LogP contribution in [0.25, 0.3) is 0 Å². The lowest BCUT2D eigenvalue weighted by Crippen LogP contribution is -2.11. The predicted octanol–water partition coefficient (Wildman–Crippen LogP) is 1.96. The predicted molar refractivity (Wildman–Crippen MR) is 67.3 cm³/mol. The van der Waals surface area contributed by atoms with Gasteiger partial charge in [0.15, 0.2) is 0 Å². The van der Waals surface area contributed by atoms with Gasteiger partial charge in [-0.3, -0.25) is 20.2 Å². The van der Waals surface area contributed by atoms with Gasteiger partial charge in [-0.05, 0) is 18.6 Å². The molecule has 0 aliphatic carbocycles. The topological polar surface area (TPSA) is 77.9 Å². The first kappa shape index (κ1) is 12.2. The highest BCUT2D eigenvalue weighted by atomic mass is 16.6. The molecule has 2 heterocycles. The number of anilines is 1. The quantitative estimate of drug-likeness (QED) is 0.649. The summed E-state index contributed by atoms with van der Waals surface area (Å²) in [5.74, 6) is 0.389. The zero-order valence-electron chi connectivity index (χ0n) is 10.3. The number of nitrogens with zero attached hydrogens (tertiary/aromatic N) is 4. The minimum absolute atomic E-state index is 0.0491. The van der Waals surface area contributed by atoms with E-state index in [-0.39, 0.29) is 10.6 Å². The van der Waals surface area contributed by atoms with E-state index in [0.717, 1.165) is 6.42 Å². The summed E-state index contributed by atoms with van der Waals surface area (Å²) in [6.45, 7) is 1.97. The number of aromatic nitrogens is 3. The van der Waals surface area contributed by atoms with E-state index in [4.69, 9.17) is 0 Å². The molecule has 2 rings (SSSR count). The van der Waals surface area contributed by atoms with E-state index in [9.17, 15) is 10.1 Å². The Morgan fingerprint density at radius 1 is 1.44 bits per heavy atom. The average molecular weight is 249 g/mol. The van der Waals surface area contributed by atoms with Gasteiger partial charge >= 0.3 is 5.69 Å². The Morgan fingerprint density at radius 3 is 2.67 bits per heavy atom. The normalized spacial score (nSPS) is 10.6. The third-order valence-electron chi connectivity index (χ3n) is 2.60. The van der Waals surface area contributed by atoms with Gasteiger partial charge in [0.2, 0.25) is 5.82 Å². The van der Waals surface area contributed by atoms with Gasteiger partial charge in [0.1, 0.15) is 5.69 Å². The molecule has 0 aliphatic rings. The average Bonchev–Trinajstić information content (AvgIpc) is 2.89. The molecule has 0 amide bonds. The second kappa shape index (κ2) is 4.91. The molecule has 0 spiro atoms. The second-order valence-electron chi connectivity index (χ2n) is 3.98. The molecule has 7 nitrogen and oxygen atoms in total. The number of hydrogen-bond donors (Lipinski definition) is 1. The largest absolute Gasteiger partial charge is 0.335 e. The summed E-state index contributed by atoms with van der Waals surface area (Å²) in [7, 11) is 1.69. The molecule has 2 aromatic rings. The third kappa shape index (κ3) is 2.20. The van der Waals surface area contributed by atoms with Gasteiger partial charge in [-0.15, -0.1) is 0 Å².